The number of hydrogen-bond acceptors (Lipinski definition) is 6. The maximum Gasteiger partial charge on any atom is 0.335 e. The summed E-state index contributed by atoms with van der Waals surface area (Å²) in [4.78, 5) is 39.1. The van der Waals surface area contributed by atoms with E-state index in [1.54, 1.807) is 37.3 Å². The van der Waals surface area contributed by atoms with Gasteiger partial charge in [0.2, 0.25) is 0 Å². The van der Waals surface area contributed by atoms with E-state index < -0.39 is 17.8 Å². The monoisotopic (exact) mass is 516 g/mol. The molecule has 1 aliphatic heterocycles. The molecule has 2 N–H and O–H groups in total. The second kappa shape index (κ2) is 11.4. The second-order valence-corrected chi connectivity index (χ2v) is 8.33. The molecule has 0 aliphatic carbocycles. The Morgan fingerprint density at radius 1 is 1.05 bits per heavy atom. The van der Waals surface area contributed by atoms with Gasteiger partial charge in [-0.3, -0.25) is 14.9 Å². The van der Waals surface area contributed by atoms with Gasteiger partial charge in [-0.15, -0.1) is 6.58 Å². The lowest BCUT2D eigenvalue weighted by Crippen LogP contribution is -2.54. The van der Waals surface area contributed by atoms with Crippen LogP contribution < -0.4 is 19.7 Å². The zero-order valence-corrected chi connectivity index (χ0v) is 20.6. The molecule has 3 aromatic carbocycles. The molecule has 0 spiro atoms. The van der Waals surface area contributed by atoms with Crippen molar-refractivity contribution in [3.63, 3.8) is 0 Å². The molecule has 1 saturated heterocycles. The number of phenolic OH excluding ortho intramolecular Hbond substituents is 1. The number of imide groups is 2. The summed E-state index contributed by atoms with van der Waals surface area (Å²) in [5.41, 5.74) is 1.68. The number of rotatable bonds is 9. The number of ether oxygens (including phenoxy) is 2. The Morgan fingerprint density at radius 2 is 1.82 bits per heavy atom. The lowest BCUT2D eigenvalue weighted by atomic mass is 10.0. The van der Waals surface area contributed by atoms with E-state index in [0.717, 1.165) is 4.90 Å². The predicted octanol–water partition coefficient (Wildman–Crippen LogP) is 4.90. The van der Waals surface area contributed by atoms with Crippen molar-refractivity contribution in [1.29, 1.82) is 0 Å². The van der Waals surface area contributed by atoms with Crippen LogP contribution in [0.3, 0.4) is 0 Å². The summed E-state index contributed by atoms with van der Waals surface area (Å²) in [5.74, 6) is -1.28. The van der Waals surface area contributed by atoms with Gasteiger partial charge in [0.15, 0.2) is 11.5 Å². The fraction of sp³-hybridized carbons (Fsp3) is 0.138. The Balaban J connectivity index is 1.71. The van der Waals surface area contributed by atoms with Crippen molar-refractivity contribution in [2.45, 2.75) is 20.0 Å². The summed E-state index contributed by atoms with van der Waals surface area (Å²) in [7, 11) is 0. The van der Waals surface area contributed by atoms with Crippen molar-refractivity contribution < 1.29 is 33.4 Å². The molecule has 0 aromatic heterocycles. The van der Waals surface area contributed by atoms with E-state index in [1.807, 2.05) is 0 Å². The summed E-state index contributed by atoms with van der Waals surface area (Å²) in [6.07, 6.45) is 3.41. The van der Waals surface area contributed by atoms with Gasteiger partial charge in [0.05, 0.1) is 12.3 Å². The van der Waals surface area contributed by atoms with Gasteiger partial charge in [0, 0.05) is 5.56 Å². The number of anilines is 1. The SMILES string of the molecule is C=CCc1cc(/C=C2\C(=O)NC(=O)N(c3ccc(O)cc3)C2=O)cc(OCC)c1OCc1cccc(F)c1. The highest BCUT2D eigenvalue weighted by Gasteiger charge is 2.37. The Kier molecular flexibility index (Phi) is 7.86. The maximum absolute atomic E-state index is 13.6. The first kappa shape index (κ1) is 26.2. The topological polar surface area (TPSA) is 105 Å². The number of nitrogens with zero attached hydrogens (tertiary/aromatic N) is 1. The molecule has 3 aromatic rings. The number of aromatic hydroxyl groups is 1. The number of carbonyl (C=O) groups excluding carboxylic acids is 3. The minimum Gasteiger partial charge on any atom is -0.508 e. The van der Waals surface area contributed by atoms with Crippen molar-refractivity contribution in [2.75, 3.05) is 11.5 Å². The minimum atomic E-state index is -0.897. The Labute approximate surface area is 218 Å². The normalized spacial score (nSPS) is 14.4. The first-order valence-corrected chi connectivity index (χ1v) is 11.8. The van der Waals surface area contributed by atoms with Crippen LogP contribution in [0.25, 0.3) is 6.08 Å². The first-order valence-electron chi connectivity index (χ1n) is 11.8. The van der Waals surface area contributed by atoms with Crippen LogP contribution in [0.5, 0.6) is 17.2 Å². The molecule has 0 unspecified atom stereocenters. The molecule has 1 heterocycles. The fourth-order valence-corrected chi connectivity index (χ4v) is 3.94. The van der Waals surface area contributed by atoms with Crippen LogP contribution in [-0.4, -0.2) is 29.6 Å². The van der Waals surface area contributed by atoms with Crippen LogP contribution in [0, 0.1) is 5.82 Å². The number of amides is 4. The highest BCUT2D eigenvalue weighted by molar-refractivity contribution is 6.39. The lowest BCUT2D eigenvalue weighted by molar-refractivity contribution is -0.122. The highest BCUT2D eigenvalue weighted by atomic mass is 19.1. The van der Waals surface area contributed by atoms with Crippen molar-refractivity contribution in [3.8, 4) is 17.2 Å². The Hall–Kier alpha value is -4.92. The molecule has 194 valence electrons. The standard InChI is InChI=1S/C29H25FN2O6/c1-3-6-20-13-19(16-25(37-4-2)26(20)38-17-18-7-5-8-21(30)14-18)15-24-27(34)31-29(36)32(28(24)35)22-9-11-23(33)12-10-22/h3,5,7-16,33H,1,4,6,17H2,2H3,(H,31,34,36)/b24-15+. The van der Waals surface area contributed by atoms with E-state index in [1.165, 1.54) is 42.5 Å². The minimum absolute atomic E-state index is 0.0385. The molecule has 0 saturated carbocycles. The van der Waals surface area contributed by atoms with Crippen molar-refractivity contribution in [1.82, 2.24) is 5.32 Å². The third-order valence-electron chi connectivity index (χ3n) is 5.61. The predicted molar refractivity (Wildman–Crippen MR) is 139 cm³/mol. The van der Waals surface area contributed by atoms with Gasteiger partial charge in [-0.25, -0.2) is 14.1 Å². The maximum atomic E-state index is 13.6. The van der Waals surface area contributed by atoms with Gasteiger partial charge in [-0.05, 0) is 79.1 Å². The smallest absolute Gasteiger partial charge is 0.335 e. The quantitative estimate of drug-likeness (QED) is 0.238. The van der Waals surface area contributed by atoms with Gasteiger partial charge in [0.1, 0.15) is 23.7 Å². The van der Waals surface area contributed by atoms with Crippen LogP contribution in [0.2, 0.25) is 0 Å². The Bertz CT molecular complexity index is 1430. The zero-order valence-electron chi connectivity index (χ0n) is 20.6. The van der Waals surface area contributed by atoms with Gasteiger partial charge in [0.25, 0.3) is 11.8 Å². The summed E-state index contributed by atoms with van der Waals surface area (Å²) in [6, 6.07) is 13.9. The average molecular weight is 517 g/mol. The molecule has 38 heavy (non-hydrogen) atoms. The van der Waals surface area contributed by atoms with Crippen molar-refractivity contribution >= 4 is 29.6 Å². The number of benzene rings is 3. The molecule has 4 amide bonds. The van der Waals surface area contributed by atoms with Crippen LogP contribution in [-0.2, 0) is 22.6 Å². The number of allylic oxidation sites excluding steroid dienone is 1. The van der Waals surface area contributed by atoms with E-state index in [4.69, 9.17) is 9.47 Å². The van der Waals surface area contributed by atoms with Gasteiger partial charge >= 0.3 is 6.03 Å². The molecule has 1 fully saturated rings. The summed E-state index contributed by atoms with van der Waals surface area (Å²) < 4.78 is 25.4. The molecule has 1 aliphatic rings. The number of halogens is 1. The van der Waals surface area contributed by atoms with Gasteiger partial charge < -0.3 is 14.6 Å². The van der Waals surface area contributed by atoms with Crippen LogP contribution >= 0.6 is 0 Å². The summed E-state index contributed by atoms with van der Waals surface area (Å²) in [6.45, 7) is 5.99. The van der Waals surface area contributed by atoms with Crippen LogP contribution in [0.4, 0.5) is 14.9 Å². The number of hydrogen-bond donors (Lipinski definition) is 2. The van der Waals surface area contributed by atoms with Crippen LogP contribution in [0.1, 0.15) is 23.6 Å². The van der Waals surface area contributed by atoms with E-state index in [9.17, 15) is 23.9 Å². The van der Waals surface area contributed by atoms with E-state index in [-0.39, 0.29) is 29.4 Å². The largest absolute Gasteiger partial charge is 0.508 e. The summed E-state index contributed by atoms with van der Waals surface area (Å²) in [5, 5.41) is 11.7. The molecule has 9 heteroatoms. The van der Waals surface area contributed by atoms with Crippen molar-refractivity contribution in [3.05, 3.63) is 101 Å². The summed E-state index contributed by atoms with van der Waals surface area (Å²) >= 11 is 0. The van der Waals surface area contributed by atoms with Gasteiger partial charge in [-0.2, -0.15) is 0 Å². The number of carbonyl (C=O) groups is 3. The van der Waals surface area contributed by atoms with Crippen molar-refractivity contribution in [2.24, 2.45) is 0 Å². The zero-order chi connectivity index (χ0) is 27.2. The Morgan fingerprint density at radius 3 is 2.50 bits per heavy atom. The molecule has 8 nitrogen and oxygen atoms in total. The molecule has 0 bridgehead atoms. The third-order valence-corrected chi connectivity index (χ3v) is 5.61. The second-order valence-electron chi connectivity index (χ2n) is 8.33. The molecule has 0 atom stereocenters. The molecular formula is C29H25FN2O6. The highest BCUT2D eigenvalue weighted by Crippen LogP contribution is 2.36. The first-order chi connectivity index (χ1) is 18.3. The van der Waals surface area contributed by atoms with E-state index in [2.05, 4.69) is 11.9 Å². The number of urea groups is 1. The van der Waals surface area contributed by atoms with E-state index >= 15 is 0 Å². The number of barbiturate groups is 1. The average Bonchev–Trinajstić information content (AvgIpc) is 2.87. The van der Waals surface area contributed by atoms with E-state index in [0.29, 0.717) is 41.2 Å². The molecular weight excluding hydrogens is 491 g/mol. The molecule has 0 radical (unpaired) electrons. The molecule has 4 rings (SSSR count). The fourth-order valence-electron chi connectivity index (χ4n) is 3.94. The van der Waals surface area contributed by atoms with Gasteiger partial charge in [-0.1, -0.05) is 18.2 Å². The lowest BCUT2D eigenvalue weighted by Gasteiger charge is -2.26. The third kappa shape index (κ3) is 5.73. The van der Waals surface area contributed by atoms with Crippen LogP contribution in [0.15, 0.2) is 78.9 Å². The number of phenols is 1. The number of nitrogens with one attached hydrogen (secondary N) is 1.